The Balaban J connectivity index is 1.75. The van der Waals surface area contributed by atoms with Gasteiger partial charge in [0.15, 0.2) is 15.1 Å². The van der Waals surface area contributed by atoms with Crippen molar-refractivity contribution < 1.29 is 17.8 Å². The number of anilines is 1. The van der Waals surface area contributed by atoms with Crippen molar-refractivity contribution in [1.29, 1.82) is 0 Å². The average Bonchev–Trinajstić information content (AvgIpc) is 3.05. The van der Waals surface area contributed by atoms with Crippen LogP contribution < -0.4 is 4.90 Å². The summed E-state index contributed by atoms with van der Waals surface area (Å²) >= 11 is 1.10. The van der Waals surface area contributed by atoms with Crippen LogP contribution in [0.3, 0.4) is 0 Å². The zero-order valence-electron chi connectivity index (χ0n) is 14.9. The van der Waals surface area contributed by atoms with E-state index in [1.807, 2.05) is 0 Å². The van der Waals surface area contributed by atoms with Gasteiger partial charge in [-0.15, -0.1) is 0 Å². The molecule has 0 aliphatic heterocycles. The van der Waals surface area contributed by atoms with Crippen LogP contribution in [-0.4, -0.2) is 22.1 Å². The Morgan fingerprint density at radius 3 is 2.50 bits per heavy atom. The number of carbonyl (C=O) groups excluding carboxylic acids is 1. The first kappa shape index (κ1) is 20.6. The molecule has 1 unspecified atom stereocenters. The number of halogens is 3. The molecule has 1 atom stereocenters. The molecule has 1 aromatic heterocycles. The van der Waals surface area contributed by atoms with Crippen molar-refractivity contribution in [3.05, 3.63) is 65.4 Å². The van der Waals surface area contributed by atoms with Gasteiger partial charge in [-0.3, -0.25) is 9.69 Å². The highest BCUT2D eigenvalue weighted by Gasteiger charge is 2.19. The Morgan fingerprint density at radius 2 is 1.89 bits per heavy atom. The van der Waals surface area contributed by atoms with Crippen LogP contribution in [0.15, 0.2) is 46.7 Å². The molecule has 0 radical (unpaired) electrons. The summed E-state index contributed by atoms with van der Waals surface area (Å²) in [7, 11) is 5.51. The highest BCUT2D eigenvalue weighted by Crippen LogP contribution is 2.30. The maximum absolute atomic E-state index is 13.9. The maximum atomic E-state index is 13.9. The smallest absolute Gasteiger partial charge is 0.232 e. The third-order valence-electron chi connectivity index (χ3n) is 4.10. The molecule has 0 aliphatic carbocycles. The van der Waals surface area contributed by atoms with E-state index in [-0.39, 0.29) is 17.9 Å². The molecule has 3 aromatic rings. The molecule has 1 amide bonds. The normalized spacial score (nSPS) is 12.0. The van der Waals surface area contributed by atoms with Gasteiger partial charge in [-0.1, -0.05) is 35.6 Å². The second-order valence-corrected chi connectivity index (χ2v) is 8.98. The maximum Gasteiger partial charge on any atom is 0.232 e. The summed E-state index contributed by atoms with van der Waals surface area (Å²) in [6, 6.07) is 9.94. The van der Waals surface area contributed by atoms with Gasteiger partial charge in [0.05, 0.1) is 12.1 Å². The van der Waals surface area contributed by atoms with E-state index in [0.717, 1.165) is 29.5 Å². The molecule has 146 valence electrons. The van der Waals surface area contributed by atoms with Crippen LogP contribution in [0.4, 0.5) is 13.9 Å². The first-order chi connectivity index (χ1) is 13.3. The van der Waals surface area contributed by atoms with Crippen molar-refractivity contribution in [2.24, 2.45) is 0 Å². The van der Waals surface area contributed by atoms with E-state index in [9.17, 15) is 17.8 Å². The number of rotatable bonds is 5. The molecule has 4 nitrogen and oxygen atoms in total. The minimum Gasteiger partial charge on any atom is -0.291 e. The van der Waals surface area contributed by atoms with E-state index in [0.29, 0.717) is 26.2 Å². The summed E-state index contributed by atoms with van der Waals surface area (Å²) in [6.07, 6.45) is 0.0976. The number of nitrogens with zero attached hydrogens (tertiary/aromatic N) is 2. The van der Waals surface area contributed by atoms with Crippen LogP contribution in [0.1, 0.15) is 11.3 Å². The fraction of sp³-hybridized carbons (Fsp3) is 0.158. The van der Waals surface area contributed by atoms with Gasteiger partial charge >= 0.3 is 0 Å². The summed E-state index contributed by atoms with van der Waals surface area (Å²) in [5.74, 6) is -1.25. The van der Waals surface area contributed by atoms with Gasteiger partial charge in [0.2, 0.25) is 5.91 Å². The molecule has 0 spiro atoms. The Hall–Kier alpha value is -2.16. The monoisotopic (exact) mass is 440 g/mol. The SMILES string of the molecule is Cc1nc(N(C)C(=O)Cc2ccc(-c3cc(F)ccc3F)cc2)sc1S(=O)Cl. The minimum atomic E-state index is -1.68. The summed E-state index contributed by atoms with van der Waals surface area (Å²) in [6.45, 7) is 1.68. The highest BCUT2D eigenvalue weighted by molar-refractivity contribution is 8.09. The molecule has 28 heavy (non-hydrogen) atoms. The van der Waals surface area contributed by atoms with Gasteiger partial charge < -0.3 is 0 Å². The van der Waals surface area contributed by atoms with E-state index in [1.165, 1.54) is 4.90 Å². The number of aromatic nitrogens is 1. The number of likely N-dealkylation sites (N-methyl/N-ethyl adjacent to an activating group) is 1. The lowest BCUT2D eigenvalue weighted by Gasteiger charge is -2.14. The number of aryl methyl sites for hydroxylation is 1. The number of thiazole rings is 1. The standard InChI is InChI=1S/C19H15ClF2N2O2S2/c1-11-18(28(20)26)27-19(23-11)24(2)17(25)9-12-3-5-13(6-4-12)15-10-14(21)7-8-16(15)22/h3-8,10H,9H2,1-2H3. The third kappa shape index (κ3) is 4.45. The second kappa shape index (κ2) is 8.46. The molecule has 0 bridgehead atoms. The Labute approximate surface area is 171 Å². The highest BCUT2D eigenvalue weighted by atomic mass is 35.7. The lowest BCUT2D eigenvalue weighted by molar-refractivity contribution is -0.117. The number of hydrogen-bond acceptors (Lipinski definition) is 4. The van der Waals surface area contributed by atoms with Gasteiger partial charge in [-0.05, 0) is 46.9 Å². The van der Waals surface area contributed by atoms with Gasteiger partial charge in [0, 0.05) is 12.6 Å². The molecule has 9 heteroatoms. The van der Waals surface area contributed by atoms with Crippen LogP contribution in [-0.2, 0) is 21.2 Å². The Morgan fingerprint density at radius 1 is 1.21 bits per heavy atom. The second-order valence-electron chi connectivity index (χ2n) is 6.04. The number of hydrogen-bond donors (Lipinski definition) is 0. The zero-order chi connectivity index (χ0) is 20.4. The van der Waals surface area contributed by atoms with Crippen LogP contribution in [0.2, 0.25) is 0 Å². The van der Waals surface area contributed by atoms with Gasteiger partial charge in [0.1, 0.15) is 15.8 Å². The third-order valence-corrected chi connectivity index (χ3v) is 7.16. The summed E-state index contributed by atoms with van der Waals surface area (Å²) in [5.41, 5.74) is 1.92. The van der Waals surface area contributed by atoms with Crippen molar-refractivity contribution in [2.45, 2.75) is 17.6 Å². The van der Waals surface area contributed by atoms with Crippen molar-refractivity contribution >= 4 is 43.1 Å². The molecular formula is C19H15ClF2N2O2S2. The molecule has 0 saturated carbocycles. The number of carbonyl (C=O) groups is 1. The molecule has 2 aromatic carbocycles. The Kier molecular flexibility index (Phi) is 6.22. The van der Waals surface area contributed by atoms with Crippen molar-refractivity contribution in [1.82, 2.24) is 4.98 Å². The van der Waals surface area contributed by atoms with Crippen LogP contribution in [0.25, 0.3) is 11.1 Å². The van der Waals surface area contributed by atoms with Gasteiger partial charge in [-0.25, -0.2) is 18.0 Å². The number of benzene rings is 2. The predicted octanol–water partition coefficient (Wildman–Crippen LogP) is 4.86. The first-order valence-corrected chi connectivity index (χ1v) is 10.9. The fourth-order valence-electron chi connectivity index (χ4n) is 2.58. The molecule has 1 heterocycles. The van der Waals surface area contributed by atoms with E-state index >= 15 is 0 Å². The Bertz CT molecular complexity index is 1050. The lowest BCUT2D eigenvalue weighted by atomic mass is 10.0. The fourth-order valence-corrected chi connectivity index (χ4v) is 4.74. The minimum absolute atomic E-state index is 0.0976. The molecule has 0 saturated heterocycles. The van der Waals surface area contributed by atoms with E-state index < -0.39 is 21.6 Å². The summed E-state index contributed by atoms with van der Waals surface area (Å²) in [5, 5.41) is 0.407. The first-order valence-electron chi connectivity index (χ1n) is 8.12. The topological polar surface area (TPSA) is 50.3 Å². The predicted molar refractivity (Wildman–Crippen MR) is 108 cm³/mol. The number of amides is 1. The molecule has 0 fully saturated rings. The molecule has 0 aliphatic rings. The van der Waals surface area contributed by atoms with Crippen molar-refractivity contribution in [2.75, 3.05) is 11.9 Å². The summed E-state index contributed by atoms with van der Waals surface area (Å²) in [4.78, 5) is 18.1. The van der Waals surface area contributed by atoms with E-state index in [1.54, 1.807) is 38.2 Å². The van der Waals surface area contributed by atoms with E-state index in [4.69, 9.17) is 10.7 Å². The zero-order valence-corrected chi connectivity index (χ0v) is 17.3. The average molecular weight is 441 g/mol. The summed E-state index contributed by atoms with van der Waals surface area (Å²) < 4.78 is 39.1. The molecule has 3 rings (SSSR count). The largest absolute Gasteiger partial charge is 0.291 e. The van der Waals surface area contributed by atoms with Crippen molar-refractivity contribution in [3.63, 3.8) is 0 Å². The van der Waals surface area contributed by atoms with Crippen LogP contribution in [0.5, 0.6) is 0 Å². The van der Waals surface area contributed by atoms with Gasteiger partial charge in [0.25, 0.3) is 0 Å². The van der Waals surface area contributed by atoms with Crippen LogP contribution in [0, 0.1) is 18.6 Å². The molecule has 0 N–H and O–H groups in total. The van der Waals surface area contributed by atoms with Crippen LogP contribution >= 0.6 is 22.0 Å². The lowest BCUT2D eigenvalue weighted by Crippen LogP contribution is -2.27. The quantitative estimate of drug-likeness (QED) is 0.532. The van der Waals surface area contributed by atoms with E-state index in [2.05, 4.69) is 4.98 Å². The molecular weight excluding hydrogens is 426 g/mol. The van der Waals surface area contributed by atoms with Gasteiger partial charge in [-0.2, -0.15) is 0 Å². The van der Waals surface area contributed by atoms with Crippen molar-refractivity contribution in [3.8, 4) is 11.1 Å².